The molecule has 0 aromatic rings. The summed E-state index contributed by atoms with van der Waals surface area (Å²) in [5.41, 5.74) is 0. The van der Waals surface area contributed by atoms with E-state index < -0.39 is 6.16 Å². The van der Waals surface area contributed by atoms with Crippen molar-refractivity contribution in [3.63, 3.8) is 0 Å². The van der Waals surface area contributed by atoms with Gasteiger partial charge in [0.2, 0.25) is 0 Å². The summed E-state index contributed by atoms with van der Waals surface area (Å²) in [7, 11) is 0. The molecule has 1 saturated heterocycles. The Balaban J connectivity index is 1.64. The van der Waals surface area contributed by atoms with Gasteiger partial charge in [-0.3, -0.25) is 0 Å². The zero-order valence-corrected chi connectivity index (χ0v) is 19.5. The lowest BCUT2D eigenvalue weighted by Crippen LogP contribution is -2.18. The minimum Gasteiger partial charge on any atom is -0.430 e. The molecule has 1 aliphatic rings. The Hall–Kier alpha value is -0.150. The molecule has 1 fully saturated rings. The molecule has 8 heteroatoms. The highest BCUT2D eigenvalue weighted by Gasteiger charge is 2.24. The largest absolute Gasteiger partial charge is 0.508 e. The van der Waals surface area contributed by atoms with Crippen molar-refractivity contribution in [3.05, 3.63) is 0 Å². The van der Waals surface area contributed by atoms with Gasteiger partial charge in [-0.2, -0.15) is 23.5 Å². The molecule has 0 aromatic heterocycles. The second kappa shape index (κ2) is 21.1. The number of unbranched alkanes of at least 4 members (excludes halogenated alkanes) is 5. The predicted octanol–water partition coefficient (Wildman–Crippen LogP) is 4.52. The van der Waals surface area contributed by atoms with E-state index in [0.29, 0.717) is 19.8 Å². The molecule has 1 unspecified atom stereocenters. The molecule has 0 bridgehead atoms. The Morgan fingerprint density at radius 2 is 1.34 bits per heavy atom. The van der Waals surface area contributed by atoms with Crippen LogP contribution in [0.1, 0.15) is 57.8 Å². The molecular weight excluding hydrogens is 412 g/mol. The molecule has 0 aromatic carbocycles. The van der Waals surface area contributed by atoms with Gasteiger partial charge in [0.1, 0.15) is 6.61 Å². The minimum absolute atomic E-state index is 0.224. The predicted molar refractivity (Wildman–Crippen MR) is 121 cm³/mol. The van der Waals surface area contributed by atoms with Crippen LogP contribution in [-0.2, 0) is 18.9 Å². The molecule has 1 N–H and O–H groups in total. The Bertz CT molecular complexity index is 373. The maximum Gasteiger partial charge on any atom is 0.508 e. The first-order valence-electron chi connectivity index (χ1n) is 11.1. The summed E-state index contributed by atoms with van der Waals surface area (Å²) in [6.45, 7) is 3.21. The first-order chi connectivity index (χ1) is 14.3. The lowest BCUT2D eigenvalue weighted by molar-refractivity contribution is 0.0465. The van der Waals surface area contributed by atoms with Gasteiger partial charge in [0.15, 0.2) is 6.10 Å². The first kappa shape index (κ1) is 26.9. The molecule has 1 atom stereocenters. The van der Waals surface area contributed by atoms with Crippen LogP contribution in [0.2, 0.25) is 0 Å². The molecule has 1 aliphatic heterocycles. The van der Waals surface area contributed by atoms with Crippen molar-refractivity contribution >= 4 is 29.7 Å². The third-order valence-corrected chi connectivity index (χ3v) is 6.69. The monoisotopic (exact) mass is 452 g/mol. The zero-order chi connectivity index (χ0) is 20.8. The van der Waals surface area contributed by atoms with E-state index in [4.69, 9.17) is 24.1 Å². The second-order valence-corrected chi connectivity index (χ2v) is 9.57. The van der Waals surface area contributed by atoms with Crippen molar-refractivity contribution in [2.24, 2.45) is 0 Å². The van der Waals surface area contributed by atoms with E-state index in [0.717, 1.165) is 38.2 Å². The number of cyclic esters (lactones) is 2. The first-order valence-corrected chi connectivity index (χ1v) is 13.4. The van der Waals surface area contributed by atoms with Gasteiger partial charge in [0.05, 0.1) is 6.61 Å². The summed E-state index contributed by atoms with van der Waals surface area (Å²) in [5, 5.41) is 8.65. The van der Waals surface area contributed by atoms with E-state index in [2.05, 4.69) is 0 Å². The second-order valence-electron chi connectivity index (χ2n) is 7.12. The fourth-order valence-corrected chi connectivity index (χ4v) is 4.64. The Morgan fingerprint density at radius 3 is 1.93 bits per heavy atom. The molecule has 172 valence electrons. The van der Waals surface area contributed by atoms with Gasteiger partial charge < -0.3 is 24.1 Å². The average molecular weight is 453 g/mol. The van der Waals surface area contributed by atoms with Gasteiger partial charge in [0, 0.05) is 26.4 Å². The van der Waals surface area contributed by atoms with Crippen molar-refractivity contribution in [1.29, 1.82) is 0 Å². The number of aliphatic hydroxyl groups excluding tert-OH is 1. The van der Waals surface area contributed by atoms with E-state index in [1.54, 1.807) is 0 Å². The molecule has 0 aliphatic carbocycles. The van der Waals surface area contributed by atoms with Crippen LogP contribution in [0.15, 0.2) is 0 Å². The van der Waals surface area contributed by atoms with Crippen LogP contribution in [0.4, 0.5) is 4.79 Å². The van der Waals surface area contributed by atoms with E-state index >= 15 is 0 Å². The number of ether oxygens (including phenoxy) is 4. The van der Waals surface area contributed by atoms with Crippen LogP contribution in [0.3, 0.4) is 0 Å². The number of rotatable bonds is 22. The Morgan fingerprint density at radius 1 is 0.793 bits per heavy atom. The van der Waals surface area contributed by atoms with Gasteiger partial charge in [-0.05, 0) is 55.1 Å². The quantitative estimate of drug-likeness (QED) is 0.190. The van der Waals surface area contributed by atoms with Gasteiger partial charge in [-0.1, -0.05) is 25.7 Å². The van der Waals surface area contributed by atoms with Gasteiger partial charge in [-0.15, -0.1) is 0 Å². The van der Waals surface area contributed by atoms with Gasteiger partial charge in [-0.25, -0.2) is 4.79 Å². The third kappa shape index (κ3) is 18.3. The van der Waals surface area contributed by atoms with Gasteiger partial charge in [0.25, 0.3) is 0 Å². The molecule has 1 heterocycles. The highest BCUT2D eigenvalue weighted by atomic mass is 32.2. The van der Waals surface area contributed by atoms with Crippen LogP contribution < -0.4 is 0 Å². The van der Waals surface area contributed by atoms with Crippen molar-refractivity contribution in [3.8, 4) is 0 Å². The summed E-state index contributed by atoms with van der Waals surface area (Å²) < 4.78 is 20.5. The molecule has 0 amide bonds. The Kier molecular flexibility index (Phi) is 19.6. The van der Waals surface area contributed by atoms with Crippen molar-refractivity contribution < 1.29 is 28.8 Å². The molecule has 29 heavy (non-hydrogen) atoms. The molecule has 0 spiro atoms. The van der Waals surface area contributed by atoms with Crippen molar-refractivity contribution in [2.45, 2.75) is 63.9 Å². The van der Waals surface area contributed by atoms with E-state index in [9.17, 15) is 4.79 Å². The van der Waals surface area contributed by atoms with Crippen LogP contribution >= 0.6 is 23.5 Å². The van der Waals surface area contributed by atoms with Crippen LogP contribution in [0, 0.1) is 0 Å². The molecular formula is C21H40O6S2. The van der Waals surface area contributed by atoms with E-state index in [-0.39, 0.29) is 12.7 Å². The standard InChI is InChI=1S/C21H40O6S2/c22-10-7-11-24-12-8-16-28-14-5-3-1-2-4-6-15-29-17-9-13-25-18-20-19-26-21(23)27-20/h20,22H,1-19H2. The maximum atomic E-state index is 10.8. The molecule has 0 saturated carbocycles. The van der Waals surface area contributed by atoms with Crippen LogP contribution in [0.25, 0.3) is 0 Å². The summed E-state index contributed by atoms with van der Waals surface area (Å²) in [4.78, 5) is 10.8. The average Bonchev–Trinajstić information content (AvgIpc) is 3.14. The number of thioether (sulfide) groups is 2. The van der Waals surface area contributed by atoms with Crippen LogP contribution in [-0.4, -0.2) is 80.0 Å². The maximum absolute atomic E-state index is 10.8. The van der Waals surface area contributed by atoms with Crippen LogP contribution in [0.5, 0.6) is 0 Å². The number of hydrogen-bond acceptors (Lipinski definition) is 8. The fourth-order valence-electron chi connectivity index (χ4n) is 2.78. The lowest BCUT2D eigenvalue weighted by atomic mass is 10.1. The highest BCUT2D eigenvalue weighted by molar-refractivity contribution is 7.99. The summed E-state index contributed by atoms with van der Waals surface area (Å²) in [6, 6.07) is 0. The molecule has 6 nitrogen and oxygen atoms in total. The zero-order valence-electron chi connectivity index (χ0n) is 17.8. The molecule has 1 rings (SSSR count). The summed E-state index contributed by atoms with van der Waals surface area (Å²) in [5.74, 6) is 4.82. The SMILES string of the molecule is O=C1OCC(COCCCSCCCCCCCCSCCCOCCCO)O1. The minimum atomic E-state index is -0.583. The third-order valence-electron chi connectivity index (χ3n) is 4.38. The van der Waals surface area contributed by atoms with Crippen molar-refractivity contribution in [1.82, 2.24) is 0 Å². The fraction of sp³-hybridized carbons (Fsp3) is 0.952. The summed E-state index contributed by atoms with van der Waals surface area (Å²) in [6.07, 6.45) is 10.1. The number of carbonyl (C=O) groups excluding carboxylic acids is 1. The molecule has 0 radical (unpaired) electrons. The lowest BCUT2D eigenvalue weighted by Gasteiger charge is -2.07. The number of aliphatic hydroxyl groups is 1. The number of carbonyl (C=O) groups is 1. The Labute approximate surface area is 185 Å². The highest BCUT2D eigenvalue weighted by Crippen LogP contribution is 2.13. The van der Waals surface area contributed by atoms with Gasteiger partial charge >= 0.3 is 6.16 Å². The normalized spacial score (nSPS) is 16.2. The van der Waals surface area contributed by atoms with E-state index in [1.807, 2.05) is 23.5 Å². The van der Waals surface area contributed by atoms with E-state index in [1.165, 1.54) is 55.8 Å². The smallest absolute Gasteiger partial charge is 0.430 e. The number of hydrogen-bond donors (Lipinski definition) is 1. The topological polar surface area (TPSA) is 74.2 Å². The van der Waals surface area contributed by atoms with Crippen molar-refractivity contribution in [2.75, 3.05) is 62.7 Å². The summed E-state index contributed by atoms with van der Waals surface area (Å²) >= 11 is 4.04.